The zero-order valence-corrected chi connectivity index (χ0v) is 14.6. The lowest BCUT2D eigenvalue weighted by atomic mass is 9.94. The molecule has 0 bridgehead atoms. The van der Waals surface area contributed by atoms with Crippen molar-refractivity contribution in [3.05, 3.63) is 18.0 Å². The van der Waals surface area contributed by atoms with E-state index in [4.69, 9.17) is 0 Å². The molecule has 2 aliphatic rings. The Kier molecular flexibility index (Phi) is 5.53. The van der Waals surface area contributed by atoms with Crippen LogP contribution in [0.25, 0.3) is 0 Å². The van der Waals surface area contributed by atoms with E-state index in [2.05, 4.69) is 5.10 Å². The highest BCUT2D eigenvalue weighted by atomic mass is 16.2. The highest BCUT2D eigenvalue weighted by molar-refractivity contribution is 5.80. The molecule has 0 unspecified atom stereocenters. The zero-order chi connectivity index (χ0) is 16.9. The molecule has 132 valence electrons. The van der Waals surface area contributed by atoms with E-state index in [9.17, 15) is 9.59 Å². The first-order valence-electron chi connectivity index (χ1n) is 9.17. The lowest BCUT2D eigenvalue weighted by molar-refractivity contribution is -0.141. The third-order valence-electron chi connectivity index (χ3n) is 5.25. The molecule has 3 rings (SSSR count). The van der Waals surface area contributed by atoms with E-state index in [0.717, 1.165) is 63.8 Å². The topological polar surface area (TPSA) is 58.4 Å². The quantitative estimate of drug-likeness (QED) is 0.841. The number of hydrogen-bond acceptors (Lipinski definition) is 3. The maximum absolute atomic E-state index is 12.6. The molecule has 3 heterocycles. The minimum atomic E-state index is 0.116. The van der Waals surface area contributed by atoms with Gasteiger partial charge in [0, 0.05) is 51.8 Å². The molecule has 0 atom stereocenters. The van der Waals surface area contributed by atoms with Gasteiger partial charge in [-0.2, -0.15) is 5.10 Å². The first-order chi connectivity index (χ1) is 11.6. The fraction of sp³-hybridized carbons (Fsp3) is 0.722. The fourth-order valence-electron chi connectivity index (χ4n) is 3.76. The van der Waals surface area contributed by atoms with Gasteiger partial charge < -0.3 is 9.80 Å². The van der Waals surface area contributed by atoms with E-state index >= 15 is 0 Å². The van der Waals surface area contributed by atoms with Gasteiger partial charge in [0.25, 0.3) is 0 Å². The minimum absolute atomic E-state index is 0.116. The Balaban J connectivity index is 1.42. The SMILES string of the molecule is Cn1cc(CCC(=O)N2CCC(C(=O)N3CCCCC3)CC2)cn1. The molecule has 6 heteroatoms. The van der Waals surface area contributed by atoms with Crippen LogP contribution in [0.3, 0.4) is 0 Å². The molecule has 2 aliphatic heterocycles. The number of carbonyl (C=O) groups is 2. The molecule has 2 amide bonds. The summed E-state index contributed by atoms with van der Waals surface area (Å²) in [6.45, 7) is 3.28. The number of amides is 2. The maximum Gasteiger partial charge on any atom is 0.225 e. The van der Waals surface area contributed by atoms with Gasteiger partial charge in [-0.3, -0.25) is 14.3 Å². The van der Waals surface area contributed by atoms with Crippen molar-refractivity contribution in [2.45, 2.75) is 44.9 Å². The number of piperidine rings is 2. The summed E-state index contributed by atoms with van der Waals surface area (Å²) in [6, 6.07) is 0. The number of aryl methyl sites for hydroxylation is 2. The van der Waals surface area contributed by atoms with E-state index in [-0.39, 0.29) is 11.8 Å². The highest BCUT2D eigenvalue weighted by Gasteiger charge is 2.30. The predicted molar refractivity (Wildman–Crippen MR) is 91.3 cm³/mol. The molecule has 24 heavy (non-hydrogen) atoms. The lowest BCUT2D eigenvalue weighted by Gasteiger charge is -2.35. The average Bonchev–Trinajstić information content (AvgIpc) is 3.05. The standard InChI is InChI=1S/C18H28N4O2/c1-20-14-15(13-19-20)5-6-17(23)21-11-7-16(8-12-21)18(24)22-9-3-2-4-10-22/h13-14,16H,2-12H2,1H3. The van der Waals surface area contributed by atoms with Crippen molar-refractivity contribution in [3.63, 3.8) is 0 Å². The van der Waals surface area contributed by atoms with E-state index < -0.39 is 0 Å². The van der Waals surface area contributed by atoms with Crippen molar-refractivity contribution in [3.8, 4) is 0 Å². The normalized spacial score (nSPS) is 19.5. The second-order valence-electron chi connectivity index (χ2n) is 7.06. The second kappa shape index (κ2) is 7.81. The van der Waals surface area contributed by atoms with Crippen molar-refractivity contribution >= 4 is 11.8 Å². The number of aromatic nitrogens is 2. The molecule has 2 saturated heterocycles. The summed E-state index contributed by atoms with van der Waals surface area (Å²) in [5.74, 6) is 0.630. The summed E-state index contributed by atoms with van der Waals surface area (Å²) in [6.07, 6.45) is 10.2. The van der Waals surface area contributed by atoms with E-state index in [1.165, 1.54) is 6.42 Å². The van der Waals surface area contributed by atoms with Gasteiger partial charge in [0.05, 0.1) is 6.20 Å². The highest BCUT2D eigenvalue weighted by Crippen LogP contribution is 2.22. The molecule has 0 N–H and O–H groups in total. The molecule has 1 aromatic heterocycles. The van der Waals surface area contributed by atoms with Gasteiger partial charge in [-0.05, 0) is 44.1 Å². The molecule has 2 fully saturated rings. The summed E-state index contributed by atoms with van der Waals surface area (Å²) in [5.41, 5.74) is 1.10. The number of hydrogen-bond donors (Lipinski definition) is 0. The van der Waals surface area contributed by atoms with E-state index in [1.54, 1.807) is 4.68 Å². The molecule has 1 aromatic rings. The van der Waals surface area contributed by atoms with Crippen molar-refractivity contribution < 1.29 is 9.59 Å². The molecular formula is C18H28N4O2. The summed E-state index contributed by atoms with van der Waals surface area (Å²) in [7, 11) is 1.88. The van der Waals surface area contributed by atoms with Crippen LogP contribution in [0.15, 0.2) is 12.4 Å². The van der Waals surface area contributed by atoms with E-state index in [0.29, 0.717) is 12.3 Å². The Bertz CT molecular complexity index is 569. The molecular weight excluding hydrogens is 304 g/mol. The van der Waals surface area contributed by atoms with Crippen LogP contribution in [0.5, 0.6) is 0 Å². The van der Waals surface area contributed by atoms with Gasteiger partial charge >= 0.3 is 0 Å². The van der Waals surface area contributed by atoms with Gasteiger partial charge in [0.1, 0.15) is 0 Å². The third-order valence-corrected chi connectivity index (χ3v) is 5.25. The minimum Gasteiger partial charge on any atom is -0.343 e. The predicted octanol–water partition coefficient (Wildman–Crippen LogP) is 1.60. The van der Waals surface area contributed by atoms with Crippen LogP contribution in [-0.4, -0.2) is 57.6 Å². The Morgan fingerprint density at radius 2 is 1.79 bits per heavy atom. The smallest absolute Gasteiger partial charge is 0.225 e. The van der Waals surface area contributed by atoms with Crippen molar-refractivity contribution in [1.82, 2.24) is 19.6 Å². The van der Waals surface area contributed by atoms with Gasteiger partial charge in [-0.25, -0.2) is 0 Å². The van der Waals surface area contributed by atoms with Gasteiger partial charge in [-0.1, -0.05) is 0 Å². The van der Waals surface area contributed by atoms with Crippen LogP contribution in [0.2, 0.25) is 0 Å². The van der Waals surface area contributed by atoms with Crippen LogP contribution in [0.1, 0.15) is 44.1 Å². The van der Waals surface area contributed by atoms with Gasteiger partial charge in [-0.15, -0.1) is 0 Å². The first kappa shape index (κ1) is 17.0. The van der Waals surface area contributed by atoms with Crippen molar-refractivity contribution in [1.29, 1.82) is 0 Å². The lowest BCUT2D eigenvalue weighted by Crippen LogP contribution is -2.45. The number of likely N-dealkylation sites (tertiary alicyclic amines) is 2. The molecule has 0 saturated carbocycles. The maximum atomic E-state index is 12.6. The van der Waals surface area contributed by atoms with Crippen LogP contribution in [0.4, 0.5) is 0 Å². The third kappa shape index (κ3) is 4.16. The van der Waals surface area contributed by atoms with Crippen LogP contribution >= 0.6 is 0 Å². The summed E-state index contributed by atoms with van der Waals surface area (Å²) < 4.78 is 1.76. The molecule has 0 spiro atoms. The number of carbonyl (C=O) groups excluding carboxylic acids is 2. The summed E-state index contributed by atoms with van der Waals surface area (Å²) >= 11 is 0. The van der Waals surface area contributed by atoms with Crippen LogP contribution in [0, 0.1) is 5.92 Å². The largest absolute Gasteiger partial charge is 0.343 e. The number of rotatable bonds is 4. The molecule has 6 nitrogen and oxygen atoms in total. The Morgan fingerprint density at radius 3 is 2.42 bits per heavy atom. The Morgan fingerprint density at radius 1 is 1.08 bits per heavy atom. The van der Waals surface area contributed by atoms with Crippen LogP contribution < -0.4 is 0 Å². The van der Waals surface area contributed by atoms with Gasteiger partial charge in [0.2, 0.25) is 11.8 Å². The second-order valence-corrected chi connectivity index (χ2v) is 7.06. The molecule has 0 radical (unpaired) electrons. The first-order valence-corrected chi connectivity index (χ1v) is 9.17. The van der Waals surface area contributed by atoms with Crippen molar-refractivity contribution in [2.24, 2.45) is 13.0 Å². The fourth-order valence-corrected chi connectivity index (χ4v) is 3.76. The Labute approximate surface area is 143 Å². The Hall–Kier alpha value is -1.85. The summed E-state index contributed by atoms with van der Waals surface area (Å²) in [5, 5.41) is 4.13. The van der Waals surface area contributed by atoms with E-state index in [1.807, 2.05) is 29.2 Å². The van der Waals surface area contributed by atoms with Gasteiger partial charge in [0.15, 0.2) is 0 Å². The number of nitrogens with zero attached hydrogens (tertiary/aromatic N) is 4. The van der Waals surface area contributed by atoms with Crippen molar-refractivity contribution in [2.75, 3.05) is 26.2 Å². The molecule has 0 aliphatic carbocycles. The molecule has 0 aromatic carbocycles. The van der Waals surface area contributed by atoms with Crippen LogP contribution in [-0.2, 0) is 23.1 Å². The summed E-state index contributed by atoms with van der Waals surface area (Å²) in [4.78, 5) is 28.9. The average molecular weight is 332 g/mol. The zero-order valence-electron chi connectivity index (χ0n) is 14.6. The monoisotopic (exact) mass is 332 g/mol.